The predicted octanol–water partition coefficient (Wildman–Crippen LogP) is 5.28. The fourth-order valence-electron chi connectivity index (χ4n) is 4.89. The van der Waals surface area contributed by atoms with Gasteiger partial charge in [0.1, 0.15) is 39.7 Å². The lowest BCUT2D eigenvalue weighted by Crippen LogP contribution is -2.21. The summed E-state index contributed by atoms with van der Waals surface area (Å²) in [6.07, 6.45) is -0.147. The predicted molar refractivity (Wildman–Crippen MR) is 141 cm³/mol. The summed E-state index contributed by atoms with van der Waals surface area (Å²) < 4.78 is 22.7. The first-order valence-corrected chi connectivity index (χ1v) is 12.1. The van der Waals surface area contributed by atoms with Gasteiger partial charge in [-0.2, -0.15) is 0 Å². The number of carboxylic acids is 1. The van der Waals surface area contributed by atoms with Crippen LogP contribution in [-0.4, -0.2) is 34.4 Å². The lowest BCUT2D eigenvalue weighted by molar-refractivity contribution is -0.135. The molecule has 0 amide bonds. The summed E-state index contributed by atoms with van der Waals surface area (Å²) in [5, 5.41) is 30.1. The van der Waals surface area contributed by atoms with Crippen LogP contribution in [0.3, 0.4) is 0 Å². The number of hydrogen-bond acceptors (Lipinski definition) is 9. The van der Waals surface area contributed by atoms with Crippen LogP contribution in [0.4, 0.5) is 0 Å². The summed E-state index contributed by atoms with van der Waals surface area (Å²) >= 11 is 0. The van der Waals surface area contributed by atoms with Crippen LogP contribution in [-0.2, 0) is 4.79 Å². The molecule has 0 saturated carbocycles. The average molecular weight is 540 g/mol. The third-order valence-corrected chi connectivity index (χ3v) is 6.75. The summed E-state index contributed by atoms with van der Waals surface area (Å²) in [6.45, 7) is 0. The Morgan fingerprint density at radius 1 is 0.900 bits per heavy atom. The molecular formula is C30H20O10. The van der Waals surface area contributed by atoms with Gasteiger partial charge in [-0.15, -0.1) is 0 Å². The van der Waals surface area contributed by atoms with Crippen molar-refractivity contribution < 1.29 is 43.2 Å². The van der Waals surface area contributed by atoms with Gasteiger partial charge in [0, 0.05) is 28.8 Å². The van der Waals surface area contributed by atoms with E-state index in [1.807, 2.05) is 0 Å². The van der Waals surface area contributed by atoms with Crippen LogP contribution < -0.4 is 14.9 Å². The van der Waals surface area contributed by atoms with Crippen LogP contribution in [0.1, 0.15) is 34.0 Å². The molecule has 3 N–H and O–H groups in total. The number of carbonyl (C=O) groups excluding carboxylic acids is 1. The number of benzene rings is 3. The quantitative estimate of drug-likeness (QED) is 0.198. The Kier molecular flexibility index (Phi) is 5.80. The second-order valence-electron chi connectivity index (χ2n) is 9.19. The number of aromatic carboxylic acids is 1. The number of hydrogen-bond donors (Lipinski definition) is 3. The third kappa shape index (κ3) is 4.11. The smallest absolute Gasteiger partial charge is 0.335 e. The van der Waals surface area contributed by atoms with Crippen molar-refractivity contribution in [3.63, 3.8) is 0 Å². The molecule has 40 heavy (non-hydrogen) atoms. The molecule has 5 aromatic rings. The van der Waals surface area contributed by atoms with E-state index in [1.54, 1.807) is 30.3 Å². The van der Waals surface area contributed by atoms with Crippen LogP contribution in [0, 0.1) is 0 Å². The van der Waals surface area contributed by atoms with Crippen molar-refractivity contribution in [3.8, 4) is 45.6 Å². The number of ether oxygens (including phenoxy) is 2. The topological polar surface area (TPSA) is 157 Å². The number of aromatic hydroxyl groups is 2. The van der Waals surface area contributed by atoms with Gasteiger partial charge in [-0.1, -0.05) is 12.1 Å². The highest BCUT2D eigenvalue weighted by atomic mass is 16.5. The average Bonchev–Trinajstić information content (AvgIpc) is 3.42. The Hall–Kier alpha value is -5.51. The highest BCUT2D eigenvalue weighted by Crippen LogP contribution is 2.47. The molecule has 6 rings (SSSR count). The summed E-state index contributed by atoms with van der Waals surface area (Å²) in [5.74, 6) is -1.95. The molecule has 200 valence electrons. The van der Waals surface area contributed by atoms with Crippen LogP contribution in [0.15, 0.2) is 80.4 Å². The number of methoxy groups -OCH3 is 1. The minimum absolute atomic E-state index is 0.00358. The second kappa shape index (κ2) is 9.35. The lowest BCUT2D eigenvalue weighted by Gasteiger charge is -2.24. The number of esters is 1. The Morgan fingerprint density at radius 2 is 1.70 bits per heavy atom. The van der Waals surface area contributed by atoms with Gasteiger partial charge in [-0.05, 0) is 42.5 Å². The van der Waals surface area contributed by atoms with Crippen LogP contribution in [0.5, 0.6) is 23.0 Å². The number of carboxylic acid groups (broad SMARTS) is 1. The van der Waals surface area contributed by atoms with Crippen molar-refractivity contribution in [1.29, 1.82) is 0 Å². The van der Waals surface area contributed by atoms with Gasteiger partial charge in [0.2, 0.25) is 0 Å². The number of fused-ring (bicyclic) bond motifs is 3. The van der Waals surface area contributed by atoms with Crippen LogP contribution in [0.2, 0.25) is 0 Å². The zero-order valence-corrected chi connectivity index (χ0v) is 20.8. The highest BCUT2D eigenvalue weighted by Gasteiger charge is 2.35. The molecular weight excluding hydrogens is 520 g/mol. The summed E-state index contributed by atoms with van der Waals surface area (Å²) in [6, 6.07) is 16.4. The van der Waals surface area contributed by atoms with Gasteiger partial charge in [0.15, 0.2) is 16.9 Å². The number of phenols is 2. The molecule has 0 fully saturated rings. The fourth-order valence-corrected chi connectivity index (χ4v) is 4.89. The normalized spacial score (nSPS) is 14.5. The van der Waals surface area contributed by atoms with Crippen LogP contribution >= 0.6 is 0 Å². The zero-order valence-electron chi connectivity index (χ0n) is 20.8. The summed E-state index contributed by atoms with van der Waals surface area (Å²) in [5.41, 5.74) is 0.752. The maximum atomic E-state index is 13.2. The molecule has 3 aromatic carbocycles. The third-order valence-electron chi connectivity index (χ3n) is 6.75. The number of furan rings is 1. The SMILES string of the molecule is COc1ccc(-c2cc(=O)c3c(O)cc4c(c3o2)[C@@H](c2ccc(-c3cccc(C(=O)O)c3)o2)CC(=O)O4)cc1O. The molecule has 0 saturated heterocycles. The Morgan fingerprint density at radius 3 is 2.45 bits per heavy atom. The summed E-state index contributed by atoms with van der Waals surface area (Å²) in [7, 11) is 1.41. The first-order chi connectivity index (χ1) is 19.2. The minimum atomic E-state index is -1.08. The van der Waals surface area contributed by atoms with E-state index in [-0.39, 0.29) is 46.0 Å². The Bertz CT molecular complexity index is 1900. The minimum Gasteiger partial charge on any atom is -0.507 e. The Labute approximate surface area is 225 Å². The maximum absolute atomic E-state index is 13.2. The number of carbonyl (C=O) groups is 2. The molecule has 0 radical (unpaired) electrons. The standard InChI is InChI=1S/C30H20O10/c1-37-23-6-5-15(10-18(23)31)24-12-19(32)28-20(33)13-25-27(29(28)40-24)17(11-26(34)39-25)22-8-7-21(38-22)14-3-2-4-16(9-14)30(35)36/h2-10,12-13,17,31,33H,11H2,1H3,(H,35,36)/t17-/m1/s1. The largest absolute Gasteiger partial charge is 0.507 e. The fraction of sp³-hybridized carbons (Fsp3) is 0.100. The summed E-state index contributed by atoms with van der Waals surface area (Å²) in [4.78, 5) is 37.2. The molecule has 1 aliphatic heterocycles. The first kappa shape index (κ1) is 24.8. The van der Waals surface area contributed by atoms with Crippen molar-refractivity contribution in [1.82, 2.24) is 0 Å². The van der Waals surface area contributed by atoms with Gasteiger partial charge in [-0.25, -0.2) is 4.79 Å². The van der Waals surface area contributed by atoms with Gasteiger partial charge < -0.3 is 33.6 Å². The molecule has 3 heterocycles. The van der Waals surface area contributed by atoms with E-state index >= 15 is 0 Å². The molecule has 1 atom stereocenters. The van der Waals surface area contributed by atoms with Gasteiger partial charge in [-0.3, -0.25) is 9.59 Å². The number of phenolic OH excluding ortho intramolecular Hbond substituents is 2. The van der Waals surface area contributed by atoms with E-state index in [4.69, 9.17) is 18.3 Å². The van der Waals surface area contributed by atoms with E-state index < -0.39 is 29.0 Å². The lowest BCUT2D eigenvalue weighted by atomic mass is 9.88. The first-order valence-electron chi connectivity index (χ1n) is 12.1. The van der Waals surface area contributed by atoms with E-state index in [0.717, 1.165) is 0 Å². The van der Waals surface area contributed by atoms with Crippen molar-refractivity contribution in [2.75, 3.05) is 7.11 Å². The molecule has 0 unspecified atom stereocenters. The monoisotopic (exact) mass is 540 g/mol. The van der Waals surface area contributed by atoms with Gasteiger partial charge >= 0.3 is 11.9 Å². The molecule has 2 aromatic heterocycles. The molecule has 10 heteroatoms. The maximum Gasteiger partial charge on any atom is 0.335 e. The van der Waals surface area contributed by atoms with Crippen LogP contribution in [0.25, 0.3) is 33.6 Å². The van der Waals surface area contributed by atoms with Crippen molar-refractivity contribution >= 4 is 22.9 Å². The van der Waals surface area contributed by atoms with Crippen molar-refractivity contribution in [2.24, 2.45) is 0 Å². The van der Waals surface area contributed by atoms with Crippen molar-refractivity contribution in [2.45, 2.75) is 12.3 Å². The van der Waals surface area contributed by atoms with E-state index in [9.17, 15) is 29.7 Å². The Balaban J connectivity index is 1.53. The molecule has 1 aliphatic rings. The van der Waals surface area contributed by atoms with Crippen molar-refractivity contribution in [3.05, 3.63) is 93.8 Å². The van der Waals surface area contributed by atoms with Gasteiger partial charge in [0.25, 0.3) is 0 Å². The van der Waals surface area contributed by atoms with E-state index in [0.29, 0.717) is 28.2 Å². The zero-order chi connectivity index (χ0) is 28.1. The second-order valence-corrected chi connectivity index (χ2v) is 9.19. The van der Waals surface area contributed by atoms with E-state index in [2.05, 4.69) is 0 Å². The van der Waals surface area contributed by atoms with Gasteiger partial charge in [0.05, 0.1) is 25.0 Å². The highest BCUT2D eigenvalue weighted by molar-refractivity contribution is 5.93. The molecule has 0 bridgehead atoms. The molecule has 0 spiro atoms. The number of rotatable bonds is 5. The van der Waals surface area contributed by atoms with E-state index in [1.165, 1.54) is 43.5 Å². The molecule has 10 nitrogen and oxygen atoms in total. The molecule has 0 aliphatic carbocycles.